The Hall–Kier alpha value is -1.64. The van der Waals surface area contributed by atoms with Crippen LogP contribution >= 0.6 is 0 Å². The van der Waals surface area contributed by atoms with E-state index in [1.165, 1.54) is 4.31 Å². The standard InChI is InChI=1S/C14H20N4O3S/c1-9(11-7-16-8-11)14(19)17-12-3-2-10-4-5-18(13(10)6-12)22(15,20)21/h2-3,6,9,11,16H,4-5,7-8H2,1H3,(H,17,19)(H2,15,20,21). The van der Waals surface area contributed by atoms with E-state index < -0.39 is 10.2 Å². The topological polar surface area (TPSA) is 105 Å². The normalized spacial score (nSPS) is 19.5. The Morgan fingerprint density at radius 3 is 2.77 bits per heavy atom. The van der Waals surface area contributed by atoms with E-state index in [2.05, 4.69) is 10.6 Å². The highest BCUT2D eigenvalue weighted by atomic mass is 32.2. The van der Waals surface area contributed by atoms with Gasteiger partial charge in [0, 0.05) is 18.2 Å². The van der Waals surface area contributed by atoms with Crippen molar-refractivity contribution in [3.63, 3.8) is 0 Å². The zero-order valence-electron chi connectivity index (χ0n) is 12.4. The van der Waals surface area contributed by atoms with E-state index >= 15 is 0 Å². The molecular weight excluding hydrogens is 304 g/mol. The number of benzene rings is 1. The average molecular weight is 324 g/mol. The molecule has 3 rings (SSSR count). The van der Waals surface area contributed by atoms with Gasteiger partial charge in [-0.1, -0.05) is 13.0 Å². The molecule has 1 saturated heterocycles. The predicted molar refractivity (Wildman–Crippen MR) is 84.8 cm³/mol. The molecule has 7 nitrogen and oxygen atoms in total. The molecule has 1 unspecified atom stereocenters. The molecule has 0 spiro atoms. The fourth-order valence-electron chi connectivity index (χ4n) is 2.83. The quantitative estimate of drug-likeness (QED) is 0.727. The number of amides is 1. The maximum atomic E-state index is 12.2. The summed E-state index contributed by atoms with van der Waals surface area (Å²) in [5.74, 6) is 0.228. The van der Waals surface area contributed by atoms with Gasteiger partial charge in [-0.2, -0.15) is 8.42 Å². The lowest BCUT2D eigenvalue weighted by Crippen LogP contribution is -2.48. The zero-order chi connectivity index (χ0) is 15.9. The number of nitrogens with zero attached hydrogens (tertiary/aromatic N) is 1. The van der Waals surface area contributed by atoms with Gasteiger partial charge in [0.15, 0.2) is 0 Å². The minimum Gasteiger partial charge on any atom is -0.326 e. The fourth-order valence-corrected chi connectivity index (χ4v) is 3.62. The highest BCUT2D eigenvalue weighted by Crippen LogP contribution is 2.32. The van der Waals surface area contributed by atoms with Crippen LogP contribution in [-0.2, 0) is 21.4 Å². The van der Waals surface area contributed by atoms with Crippen molar-refractivity contribution in [3.05, 3.63) is 23.8 Å². The van der Waals surface area contributed by atoms with Crippen LogP contribution in [0.4, 0.5) is 11.4 Å². The first-order valence-corrected chi connectivity index (χ1v) is 8.81. The third-order valence-corrected chi connectivity index (χ3v) is 5.44. The van der Waals surface area contributed by atoms with Gasteiger partial charge in [0.25, 0.3) is 10.2 Å². The molecule has 2 heterocycles. The fraction of sp³-hybridized carbons (Fsp3) is 0.500. The van der Waals surface area contributed by atoms with Gasteiger partial charge in [-0.15, -0.1) is 0 Å². The maximum absolute atomic E-state index is 12.2. The van der Waals surface area contributed by atoms with Crippen molar-refractivity contribution < 1.29 is 13.2 Å². The van der Waals surface area contributed by atoms with Crippen LogP contribution in [0.15, 0.2) is 18.2 Å². The van der Waals surface area contributed by atoms with E-state index in [9.17, 15) is 13.2 Å². The summed E-state index contributed by atoms with van der Waals surface area (Å²) >= 11 is 0. The molecule has 1 atom stereocenters. The minimum absolute atomic E-state index is 0.0494. The summed E-state index contributed by atoms with van der Waals surface area (Å²) in [6, 6.07) is 5.32. The van der Waals surface area contributed by atoms with Crippen molar-refractivity contribution in [1.82, 2.24) is 5.32 Å². The van der Waals surface area contributed by atoms with Gasteiger partial charge < -0.3 is 10.6 Å². The SMILES string of the molecule is CC(C(=O)Nc1ccc2c(c1)N(S(N)(=O)=O)CC2)C1CNC1. The van der Waals surface area contributed by atoms with Crippen molar-refractivity contribution in [2.45, 2.75) is 13.3 Å². The Balaban J connectivity index is 1.77. The minimum atomic E-state index is -3.77. The second-order valence-corrected chi connectivity index (χ2v) is 7.38. The van der Waals surface area contributed by atoms with E-state index in [0.717, 1.165) is 18.7 Å². The average Bonchev–Trinajstić information content (AvgIpc) is 2.79. The maximum Gasteiger partial charge on any atom is 0.299 e. The largest absolute Gasteiger partial charge is 0.326 e. The molecule has 0 saturated carbocycles. The second kappa shape index (κ2) is 5.53. The van der Waals surface area contributed by atoms with Crippen LogP contribution in [0.1, 0.15) is 12.5 Å². The lowest BCUT2D eigenvalue weighted by atomic mass is 9.88. The Morgan fingerprint density at radius 2 is 2.18 bits per heavy atom. The second-order valence-electron chi connectivity index (χ2n) is 5.91. The number of carbonyl (C=O) groups is 1. The highest BCUT2D eigenvalue weighted by molar-refractivity contribution is 7.90. The smallest absolute Gasteiger partial charge is 0.299 e. The van der Waals surface area contributed by atoms with Gasteiger partial charge in [-0.05, 0) is 43.1 Å². The number of fused-ring (bicyclic) bond motifs is 1. The zero-order valence-corrected chi connectivity index (χ0v) is 13.2. The number of carbonyl (C=O) groups excluding carboxylic acids is 1. The van der Waals surface area contributed by atoms with Crippen molar-refractivity contribution in [2.24, 2.45) is 17.0 Å². The Morgan fingerprint density at radius 1 is 1.45 bits per heavy atom. The van der Waals surface area contributed by atoms with Crippen LogP contribution < -0.4 is 20.1 Å². The molecule has 8 heteroatoms. The number of nitrogens with one attached hydrogen (secondary N) is 2. The molecule has 0 radical (unpaired) electrons. The van der Waals surface area contributed by atoms with Gasteiger partial charge in [-0.25, -0.2) is 5.14 Å². The predicted octanol–water partition coefficient (Wildman–Crippen LogP) is 0.0466. The summed E-state index contributed by atoms with van der Waals surface area (Å²) in [7, 11) is -3.77. The Labute approximate surface area is 130 Å². The number of nitrogens with two attached hydrogens (primary N) is 1. The van der Waals surface area contributed by atoms with Gasteiger partial charge >= 0.3 is 0 Å². The monoisotopic (exact) mass is 324 g/mol. The molecular formula is C14H20N4O3S. The first-order valence-electron chi connectivity index (χ1n) is 7.31. The molecule has 1 fully saturated rings. The molecule has 0 bridgehead atoms. The van der Waals surface area contributed by atoms with Crippen LogP contribution in [0.3, 0.4) is 0 Å². The van der Waals surface area contributed by atoms with Gasteiger partial charge in [0.05, 0.1) is 5.69 Å². The van der Waals surface area contributed by atoms with Crippen LogP contribution in [-0.4, -0.2) is 34.0 Å². The van der Waals surface area contributed by atoms with Crippen LogP contribution in [0.2, 0.25) is 0 Å². The third kappa shape index (κ3) is 2.81. The van der Waals surface area contributed by atoms with Crippen molar-refractivity contribution in [3.8, 4) is 0 Å². The summed E-state index contributed by atoms with van der Waals surface area (Å²) < 4.78 is 24.3. The van der Waals surface area contributed by atoms with E-state index in [1.54, 1.807) is 12.1 Å². The molecule has 2 aliphatic rings. The van der Waals surface area contributed by atoms with Crippen molar-refractivity contribution in [2.75, 3.05) is 29.3 Å². The molecule has 4 N–H and O–H groups in total. The number of anilines is 2. The number of hydrogen-bond acceptors (Lipinski definition) is 4. The summed E-state index contributed by atoms with van der Waals surface area (Å²) in [6.45, 7) is 3.97. The Kier molecular flexibility index (Phi) is 3.84. The van der Waals surface area contributed by atoms with Crippen LogP contribution in [0, 0.1) is 11.8 Å². The third-order valence-electron chi connectivity index (χ3n) is 4.45. The van der Waals surface area contributed by atoms with Gasteiger partial charge in [0.2, 0.25) is 5.91 Å². The number of hydrogen-bond donors (Lipinski definition) is 3. The molecule has 22 heavy (non-hydrogen) atoms. The highest BCUT2D eigenvalue weighted by Gasteiger charge is 2.30. The number of rotatable bonds is 4. The molecule has 1 aromatic rings. The lowest BCUT2D eigenvalue weighted by Gasteiger charge is -2.31. The van der Waals surface area contributed by atoms with Gasteiger partial charge in [-0.3, -0.25) is 9.10 Å². The summed E-state index contributed by atoms with van der Waals surface area (Å²) in [6.07, 6.45) is 0.629. The van der Waals surface area contributed by atoms with E-state index in [-0.39, 0.29) is 11.8 Å². The summed E-state index contributed by atoms with van der Waals surface area (Å²) in [5, 5.41) is 11.2. The van der Waals surface area contributed by atoms with Crippen LogP contribution in [0.25, 0.3) is 0 Å². The molecule has 1 amide bonds. The van der Waals surface area contributed by atoms with Gasteiger partial charge in [0.1, 0.15) is 0 Å². The van der Waals surface area contributed by atoms with E-state index in [0.29, 0.717) is 30.3 Å². The molecule has 2 aliphatic heterocycles. The van der Waals surface area contributed by atoms with Crippen LogP contribution in [0.5, 0.6) is 0 Å². The van der Waals surface area contributed by atoms with Crippen molar-refractivity contribution in [1.29, 1.82) is 0 Å². The molecule has 120 valence electrons. The van der Waals surface area contributed by atoms with Crippen molar-refractivity contribution >= 4 is 27.5 Å². The molecule has 1 aromatic carbocycles. The lowest BCUT2D eigenvalue weighted by molar-refractivity contribution is -0.121. The summed E-state index contributed by atoms with van der Waals surface area (Å²) in [5.41, 5.74) is 2.07. The Bertz CT molecular complexity index is 700. The van der Waals surface area contributed by atoms with E-state index in [4.69, 9.17) is 5.14 Å². The first-order chi connectivity index (χ1) is 10.4. The van der Waals surface area contributed by atoms with E-state index in [1.807, 2.05) is 13.0 Å². The first kappa shape index (κ1) is 15.3. The summed E-state index contributed by atoms with van der Waals surface area (Å²) in [4.78, 5) is 12.2. The molecule has 0 aliphatic carbocycles. The molecule has 0 aromatic heterocycles.